The molecule has 37 heavy (non-hydrogen) atoms. The molecule has 180 valence electrons. The molecule has 2 heterocycles. The van der Waals surface area contributed by atoms with Crippen molar-refractivity contribution < 1.29 is 9.59 Å². The van der Waals surface area contributed by atoms with Gasteiger partial charge in [0.25, 0.3) is 5.91 Å². The van der Waals surface area contributed by atoms with Gasteiger partial charge in [-0.05, 0) is 65.2 Å². The van der Waals surface area contributed by atoms with Crippen LogP contribution in [-0.2, 0) is 4.79 Å². The molecule has 2 amide bonds. The molecule has 5 rings (SSSR count). The first kappa shape index (κ1) is 23.4. The summed E-state index contributed by atoms with van der Waals surface area (Å²) >= 11 is 0. The molecule has 2 aromatic heterocycles. The van der Waals surface area contributed by atoms with Crippen LogP contribution in [-0.4, -0.2) is 26.8 Å². The molecule has 0 saturated carbocycles. The zero-order chi connectivity index (χ0) is 25.8. The Morgan fingerprint density at radius 1 is 0.865 bits per heavy atom. The van der Waals surface area contributed by atoms with Gasteiger partial charge < -0.3 is 16.4 Å². The lowest BCUT2D eigenvalue weighted by atomic mass is 9.95. The SMILES string of the molecule is C=CC(=O)Nc1cccc(-c2cc(-c3ccc(C(=O)Nc4cc(N)ccn4)cc3)cc3cncnc23)c1. The number of carbonyl (C=O) groups excluding carboxylic acids is 2. The van der Waals surface area contributed by atoms with E-state index < -0.39 is 0 Å². The van der Waals surface area contributed by atoms with Gasteiger partial charge in [0.1, 0.15) is 12.1 Å². The van der Waals surface area contributed by atoms with Crippen LogP contribution >= 0.6 is 0 Å². The topological polar surface area (TPSA) is 123 Å². The minimum atomic E-state index is -0.284. The number of nitrogens with two attached hydrogens (primary N) is 1. The molecule has 0 atom stereocenters. The fraction of sp³-hybridized carbons (Fsp3) is 0. The molecule has 0 unspecified atom stereocenters. The van der Waals surface area contributed by atoms with Crippen LogP contribution in [0.2, 0.25) is 0 Å². The second kappa shape index (κ2) is 10.1. The Labute approximate surface area is 212 Å². The average molecular weight is 487 g/mol. The van der Waals surface area contributed by atoms with Crippen LogP contribution in [0, 0.1) is 0 Å². The number of pyridine rings is 1. The third-order valence-electron chi connectivity index (χ3n) is 5.74. The molecule has 0 fully saturated rings. The first-order valence-corrected chi connectivity index (χ1v) is 11.4. The maximum atomic E-state index is 12.7. The number of hydrogen-bond donors (Lipinski definition) is 3. The number of fused-ring (bicyclic) bond motifs is 1. The second-order valence-corrected chi connectivity index (χ2v) is 8.26. The highest BCUT2D eigenvalue weighted by Gasteiger charge is 2.12. The number of nitrogens with one attached hydrogen (secondary N) is 2. The number of benzene rings is 3. The van der Waals surface area contributed by atoms with Gasteiger partial charge >= 0.3 is 0 Å². The molecular weight excluding hydrogens is 464 g/mol. The van der Waals surface area contributed by atoms with Crippen LogP contribution in [0.25, 0.3) is 33.2 Å². The van der Waals surface area contributed by atoms with Crippen molar-refractivity contribution in [3.05, 3.63) is 110 Å². The maximum Gasteiger partial charge on any atom is 0.256 e. The highest BCUT2D eigenvalue weighted by molar-refractivity contribution is 6.04. The largest absolute Gasteiger partial charge is 0.399 e. The lowest BCUT2D eigenvalue weighted by molar-refractivity contribution is -0.111. The number of nitrogen functional groups attached to an aromatic ring is 1. The molecular formula is C29H22N6O2. The Hall–Kier alpha value is -5.37. The molecule has 8 nitrogen and oxygen atoms in total. The number of hydrogen-bond acceptors (Lipinski definition) is 6. The molecule has 3 aromatic carbocycles. The molecule has 0 radical (unpaired) electrons. The van der Waals surface area contributed by atoms with Gasteiger partial charge in [0.05, 0.1) is 5.52 Å². The smallest absolute Gasteiger partial charge is 0.256 e. The summed E-state index contributed by atoms with van der Waals surface area (Å²) < 4.78 is 0. The highest BCUT2D eigenvalue weighted by Crippen LogP contribution is 2.34. The number of rotatable bonds is 6. The van der Waals surface area contributed by atoms with Gasteiger partial charge in [-0.15, -0.1) is 0 Å². The Kier molecular flexibility index (Phi) is 6.37. The van der Waals surface area contributed by atoms with E-state index in [1.54, 1.807) is 30.5 Å². The maximum absolute atomic E-state index is 12.7. The van der Waals surface area contributed by atoms with Gasteiger partial charge in [0.2, 0.25) is 5.91 Å². The quantitative estimate of drug-likeness (QED) is 0.279. The predicted molar refractivity (Wildman–Crippen MR) is 146 cm³/mol. The van der Waals surface area contributed by atoms with E-state index in [0.29, 0.717) is 22.8 Å². The minimum absolute atomic E-state index is 0.282. The Balaban J connectivity index is 1.49. The first-order chi connectivity index (χ1) is 18.0. The third-order valence-corrected chi connectivity index (χ3v) is 5.74. The van der Waals surface area contributed by atoms with Gasteiger partial charge in [-0.2, -0.15) is 0 Å². The number of anilines is 3. The fourth-order valence-electron chi connectivity index (χ4n) is 3.97. The molecule has 0 aliphatic rings. The summed E-state index contributed by atoms with van der Waals surface area (Å²) in [5.41, 5.74) is 11.8. The first-order valence-electron chi connectivity index (χ1n) is 11.4. The number of aromatic nitrogens is 3. The van der Waals surface area contributed by atoms with E-state index in [0.717, 1.165) is 33.2 Å². The van der Waals surface area contributed by atoms with Gasteiger partial charge in [0.15, 0.2) is 0 Å². The monoisotopic (exact) mass is 486 g/mol. The lowest BCUT2D eigenvalue weighted by Gasteiger charge is -2.12. The standard InChI is InChI=1S/C29H22N6O2/c1-2-27(36)34-24-5-3-4-20(13-24)25-14-21(12-22-16-31-17-33-28(22)25)18-6-8-19(9-7-18)29(37)35-26-15-23(30)10-11-32-26/h2-17H,1H2,(H,34,36)(H3,30,32,35,37). The zero-order valence-corrected chi connectivity index (χ0v) is 19.7. The van der Waals surface area contributed by atoms with Crippen LogP contribution in [0.5, 0.6) is 0 Å². The Morgan fingerprint density at radius 3 is 2.49 bits per heavy atom. The Bertz CT molecular complexity index is 1650. The van der Waals surface area contributed by atoms with E-state index in [1.807, 2.05) is 48.5 Å². The van der Waals surface area contributed by atoms with Crippen LogP contribution < -0.4 is 16.4 Å². The van der Waals surface area contributed by atoms with E-state index >= 15 is 0 Å². The zero-order valence-electron chi connectivity index (χ0n) is 19.7. The second-order valence-electron chi connectivity index (χ2n) is 8.26. The van der Waals surface area contributed by atoms with Gasteiger partial charge in [0, 0.05) is 46.3 Å². The minimum Gasteiger partial charge on any atom is -0.399 e. The van der Waals surface area contributed by atoms with Gasteiger partial charge in [-0.3, -0.25) is 9.59 Å². The molecule has 0 spiro atoms. The van der Waals surface area contributed by atoms with Crippen molar-refractivity contribution in [2.24, 2.45) is 0 Å². The van der Waals surface area contributed by atoms with Crippen molar-refractivity contribution in [2.75, 3.05) is 16.4 Å². The molecule has 0 bridgehead atoms. The molecule has 0 aliphatic heterocycles. The van der Waals surface area contributed by atoms with Gasteiger partial charge in [-0.25, -0.2) is 15.0 Å². The van der Waals surface area contributed by atoms with E-state index in [2.05, 4.69) is 32.2 Å². The third kappa shape index (κ3) is 5.18. The van der Waals surface area contributed by atoms with Crippen LogP contribution in [0.3, 0.4) is 0 Å². The highest BCUT2D eigenvalue weighted by atomic mass is 16.2. The summed E-state index contributed by atoms with van der Waals surface area (Å²) in [6, 6.07) is 22.1. The summed E-state index contributed by atoms with van der Waals surface area (Å²) in [6.45, 7) is 3.50. The molecule has 8 heteroatoms. The summed E-state index contributed by atoms with van der Waals surface area (Å²) in [6.07, 6.45) is 6.04. The summed E-state index contributed by atoms with van der Waals surface area (Å²) in [4.78, 5) is 37.3. The van der Waals surface area contributed by atoms with Crippen LogP contribution in [0.4, 0.5) is 17.2 Å². The van der Waals surface area contributed by atoms with Gasteiger partial charge in [-0.1, -0.05) is 30.8 Å². The molecule has 0 saturated heterocycles. The predicted octanol–water partition coefficient (Wildman–Crippen LogP) is 5.32. The summed E-state index contributed by atoms with van der Waals surface area (Å²) in [5.74, 6) is -0.177. The van der Waals surface area contributed by atoms with Crippen LogP contribution in [0.1, 0.15) is 10.4 Å². The lowest BCUT2D eigenvalue weighted by Crippen LogP contribution is -2.12. The number of amides is 2. The molecule has 5 aromatic rings. The normalized spacial score (nSPS) is 10.6. The van der Waals surface area contributed by atoms with E-state index in [1.165, 1.54) is 18.6 Å². The number of nitrogens with zero attached hydrogens (tertiary/aromatic N) is 3. The van der Waals surface area contributed by atoms with Crippen molar-refractivity contribution in [1.82, 2.24) is 15.0 Å². The van der Waals surface area contributed by atoms with E-state index in [9.17, 15) is 9.59 Å². The average Bonchev–Trinajstić information content (AvgIpc) is 2.92. The van der Waals surface area contributed by atoms with Crippen molar-refractivity contribution in [3.8, 4) is 22.3 Å². The Morgan fingerprint density at radius 2 is 1.70 bits per heavy atom. The van der Waals surface area contributed by atoms with E-state index in [4.69, 9.17) is 5.73 Å². The fourth-order valence-corrected chi connectivity index (χ4v) is 3.97. The summed E-state index contributed by atoms with van der Waals surface area (Å²) in [7, 11) is 0. The number of carbonyl (C=O) groups is 2. The van der Waals surface area contributed by atoms with Crippen molar-refractivity contribution in [1.29, 1.82) is 0 Å². The molecule has 0 aliphatic carbocycles. The molecule has 4 N–H and O–H groups in total. The van der Waals surface area contributed by atoms with E-state index in [-0.39, 0.29) is 11.8 Å². The summed E-state index contributed by atoms with van der Waals surface area (Å²) in [5, 5.41) is 6.41. The van der Waals surface area contributed by atoms with Crippen molar-refractivity contribution in [3.63, 3.8) is 0 Å². The van der Waals surface area contributed by atoms with Crippen molar-refractivity contribution in [2.45, 2.75) is 0 Å². The van der Waals surface area contributed by atoms with Crippen molar-refractivity contribution >= 4 is 39.9 Å². The van der Waals surface area contributed by atoms with Crippen LogP contribution in [0.15, 0.2) is 104 Å².